The standard InChI is InChI=1S/C13H12FNOS/c1-9(11-6-7-17-8-11)15-13(16)10-2-4-12(14)5-3-10/h2-9H,1H3,(H,15,16). The van der Waals surface area contributed by atoms with E-state index in [9.17, 15) is 9.18 Å². The van der Waals surface area contributed by atoms with Crippen LogP contribution in [-0.2, 0) is 0 Å². The number of hydrogen-bond acceptors (Lipinski definition) is 2. The summed E-state index contributed by atoms with van der Waals surface area (Å²) in [5.74, 6) is -0.531. The number of thiophene rings is 1. The molecule has 0 radical (unpaired) electrons. The number of halogens is 1. The number of hydrogen-bond donors (Lipinski definition) is 1. The van der Waals surface area contributed by atoms with E-state index in [4.69, 9.17) is 0 Å². The van der Waals surface area contributed by atoms with Crippen molar-refractivity contribution in [1.82, 2.24) is 5.32 Å². The molecule has 17 heavy (non-hydrogen) atoms. The molecule has 88 valence electrons. The molecular weight excluding hydrogens is 237 g/mol. The summed E-state index contributed by atoms with van der Waals surface area (Å²) < 4.78 is 12.7. The lowest BCUT2D eigenvalue weighted by molar-refractivity contribution is 0.0940. The number of rotatable bonds is 3. The van der Waals surface area contributed by atoms with E-state index in [2.05, 4.69) is 5.32 Å². The molecule has 0 spiro atoms. The van der Waals surface area contributed by atoms with Crippen LogP contribution in [0, 0.1) is 5.82 Å². The predicted octanol–water partition coefficient (Wildman–Crippen LogP) is 3.38. The highest BCUT2D eigenvalue weighted by atomic mass is 32.1. The van der Waals surface area contributed by atoms with Crippen molar-refractivity contribution in [2.75, 3.05) is 0 Å². The lowest BCUT2D eigenvalue weighted by Crippen LogP contribution is -2.26. The topological polar surface area (TPSA) is 29.1 Å². The van der Waals surface area contributed by atoms with Crippen molar-refractivity contribution in [1.29, 1.82) is 0 Å². The summed E-state index contributed by atoms with van der Waals surface area (Å²) in [4.78, 5) is 11.8. The molecule has 0 aliphatic rings. The number of nitrogens with one attached hydrogen (secondary N) is 1. The Bertz CT molecular complexity index is 493. The maximum Gasteiger partial charge on any atom is 0.251 e. The fourth-order valence-corrected chi connectivity index (χ4v) is 2.24. The molecule has 1 heterocycles. The van der Waals surface area contributed by atoms with E-state index in [0.29, 0.717) is 5.56 Å². The van der Waals surface area contributed by atoms with Gasteiger partial charge in [0, 0.05) is 5.56 Å². The molecule has 0 fully saturated rings. The summed E-state index contributed by atoms with van der Waals surface area (Å²) in [7, 11) is 0. The van der Waals surface area contributed by atoms with Crippen LogP contribution in [0.3, 0.4) is 0 Å². The summed E-state index contributed by atoms with van der Waals surface area (Å²) in [6, 6.07) is 7.45. The summed E-state index contributed by atoms with van der Waals surface area (Å²) >= 11 is 1.59. The van der Waals surface area contributed by atoms with E-state index in [-0.39, 0.29) is 17.8 Å². The van der Waals surface area contributed by atoms with Gasteiger partial charge in [0.25, 0.3) is 5.91 Å². The third-order valence-electron chi connectivity index (χ3n) is 2.50. The van der Waals surface area contributed by atoms with Gasteiger partial charge >= 0.3 is 0 Å². The highest BCUT2D eigenvalue weighted by molar-refractivity contribution is 7.07. The van der Waals surface area contributed by atoms with Gasteiger partial charge in [0.15, 0.2) is 0 Å². The Hall–Kier alpha value is -1.68. The molecule has 2 nitrogen and oxygen atoms in total. The fourth-order valence-electron chi connectivity index (χ4n) is 1.49. The van der Waals surface area contributed by atoms with Gasteiger partial charge in [-0.15, -0.1) is 0 Å². The molecule has 0 saturated heterocycles. The monoisotopic (exact) mass is 249 g/mol. The third-order valence-corrected chi connectivity index (χ3v) is 3.20. The van der Waals surface area contributed by atoms with Gasteiger partial charge in [0.2, 0.25) is 0 Å². The van der Waals surface area contributed by atoms with Crippen molar-refractivity contribution >= 4 is 17.2 Å². The zero-order valence-corrected chi connectivity index (χ0v) is 10.1. The van der Waals surface area contributed by atoms with E-state index >= 15 is 0 Å². The van der Waals surface area contributed by atoms with Crippen molar-refractivity contribution in [2.24, 2.45) is 0 Å². The Kier molecular flexibility index (Phi) is 3.54. The van der Waals surface area contributed by atoms with E-state index in [1.165, 1.54) is 24.3 Å². The normalized spacial score (nSPS) is 12.1. The van der Waals surface area contributed by atoms with Crippen LogP contribution in [0.4, 0.5) is 4.39 Å². The van der Waals surface area contributed by atoms with E-state index < -0.39 is 0 Å². The highest BCUT2D eigenvalue weighted by Gasteiger charge is 2.11. The van der Waals surface area contributed by atoms with Crippen LogP contribution in [0.2, 0.25) is 0 Å². The maximum absolute atomic E-state index is 12.7. The van der Waals surface area contributed by atoms with Crippen LogP contribution in [0.5, 0.6) is 0 Å². The van der Waals surface area contributed by atoms with Gasteiger partial charge in [-0.2, -0.15) is 11.3 Å². The van der Waals surface area contributed by atoms with Crippen molar-refractivity contribution < 1.29 is 9.18 Å². The molecule has 1 aromatic heterocycles. The van der Waals surface area contributed by atoms with Gasteiger partial charge in [-0.25, -0.2) is 4.39 Å². The Morgan fingerprint density at radius 2 is 2.00 bits per heavy atom. The van der Waals surface area contributed by atoms with Crippen molar-refractivity contribution in [3.63, 3.8) is 0 Å². The first-order chi connectivity index (χ1) is 8.16. The zero-order valence-electron chi connectivity index (χ0n) is 9.31. The summed E-state index contributed by atoms with van der Waals surface area (Å²) in [6.07, 6.45) is 0. The molecule has 0 aliphatic heterocycles. The van der Waals surface area contributed by atoms with Gasteiger partial charge in [-0.05, 0) is 53.6 Å². The molecule has 1 aromatic carbocycles. The minimum Gasteiger partial charge on any atom is -0.345 e. The minimum atomic E-state index is -0.340. The summed E-state index contributed by atoms with van der Waals surface area (Å²) in [5.41, 5.74) is 1.54. The zero-order chi connectivity index (χ0) is 12.3. The SMILES string of the molecule is CC(NC(=O)c1ccc(F)cc1)c1ccsc1. The second-order valence-corrected chi connectivity index (χ2v) is 4.54. The minimum absolute atomic E-state index is 0.0428. The van der Waals surface area contributed by atoms with Crippen LogP contribution in [-0.4, -0.2) is 5.91 Å². The van der Waals surface area contributed by atoms with E-state index in [1.807, 2.05) is 23.8 Å². The molecule has 4 heteroatoms. The molecule has 1 amide bonds. The number of amides is 1. The van der Waals surface area contributed by atoms with Crippen LogP contribution in [0.25, 0.3) is 0 Å². The average molecular weight is 249 g/mol. The molecule has 0 bridgehead atoms. The molecule has 1 unspecified atom stereocenters. The highest BCUT2D eigenvalue weighted by Crippen LogP contribution is 2.16. The Balaban J connectivity index is 2.04. The smallest absolute Gasteiger partial charge is 0.251 e. The van der Waals surface area contributed by atoms with E-state index in [1.54, 1.807) is 11.3 Å². The summed E-state index contributed by atoms with van der Waals surface area (Å²) in [6.45, 7) is 1.92. The van der Waals surface area contributed by atoms with Crippen LogP contribution in [0.15, 0.2) is 41.1 Å². The first-order valence-corrected chi connectivity index (χ1v) is 6.19. The molecule has 2 aromatic rings. The third kappa shape index (κ3) is 2.91. The van der Waals surface area contributed by atoms with Gasteiger partial charge in [-0.1, -0.05) is 0 Å². The Morgan fingerprint density at radius 3 is 2.59 bits per heavy atom. The molecule has 1 N–H and O–H groups in total. The van der Waals surface area contributed by atoms with Gasteiger partial charge in [0.1, 0.15) is 5.82 Å². The Morgan fingerprint density at radius 1 is 1.29 bits per heavy atom. The lowest BCUT2D eigenvalue weighted by Gasteiger charge is -2.12. The largest absolute Gasteiger partial charge is 0.345 e. The van der Waals surface area contributed by atoms with Crippen molar-refractivity contribution in [2.45, 2.75) is 13.0 Å². The van der Waals surface area contributed by atoms with Crippen LogP contribution < -0.4 is 5.32 Å². The molecule has 2 rings (SSSR count). The maximum atomic E-state index is 12.7. The lowest BCUT2D eigenvalue weighted by atomic mass is 10.1. The molecule has 1 atom stereocenters. The predicted molar refractivity (Wildman–Crippen MR) is 66.6 cm³/mol. The number of carbonyl (C=O) groups excluding carboxylic acids is 1. The van der Waals surface area contributed by atoms with Gasteiger partial charge in [-0.3, -0.25) is 4.79 Å². The fraction of sp³-hybridized carbons (Fsp3) is 0.154. The second-order valence-electron chi connectivity index (χ2n) is 3.76. The van der Waals surface area contributed by atoms with Crippen molar-refractivity contribution in [3.05, 3.63) is 58.0 Å². The van der Waals surface area contributed by atoms with Gasteiger partial charge < -0.3 is 5.32 Å². The molecular formula is C13H12FNOS. The number of benzene rings is 1. The van der Waals surface area contributed by atoms with Crippen molar-refractivity contribution in [3.8, 4) is 0 Å². The first-order valence-electron chi connectivity index (χ1n) is 5.25. The van der Waals surface area contributed by atoms with Crippen LogP contribution in [0.1, 0.15) is 28.9 Å². The molecule has 0 saturated carbocycles. The summed E-state index contributed by atoms with van der Waals surface area (Å²) in [5, 5.41) is 6.83. The average Bonchev–Trinajstić information content (AvgIpc) is 2.83. The van der Waals surface area contributed by atoms with Crippen LogP contribution >= 0.6 is 11.3 Å². The number of carbonyl (C=O) groups is 1. The first kappa shape index (κ1) is 11.8. The Labute approximate surface area is 103 Å². The van der Waals surface area contributed by atoms with Gasteiger partial charge in [0.05, 0.1) is 6.04 Å². The molecule has 0 aliphatic carbocycles. The quantitative estimate of drug-likeness (QED) is 0.887. The second kappa shape index (κ2) is 5.10. The van der Waals surface area contributed by atoms with E-state index in [0.717, 1.165) is 5.56 Å².